The van der Waals surface area contributed by atoms with Crippen molar-refractivity contribution in [2.45, 2.75) is 6.42 Å². The Labute approximate surface area is 120 Å². The number of halogens is 1. The predicted molar refractivity (Wildman–Crippen MR) is 78.5 cm³/mol. The highest BCUT2D eigenvalue weighted by Crippen LogP contribution is 2.27. The van der Waals surface area contributed by atoms with Crippen LogP contribution in [0.3, 0.4) is 0 Å². The number of hydrogen-bond donors (Lipinski definition) is 1. The molecule has 0 aliphatic heterocycles. The number of para-hydroxylation sites is 1. The van der Waals surface area contributed by atoms with Crippen molar-refractivity contribution in [2.24, 2.45) is 0 Å². The summed E-state index contributed by atoms with van der Waals surface area (Å²) in [6.07, 6.45) is 1.23. The monoisotopic (exact) mass is 286 g/mol. The maximum absolute atomic E-state index is 10.5. The van der Waals surface area contributed by atoms with E-state index in [1.54, 1.807) is 6.07 Å². The van der Waals surface area contributed by atoms with E-state index >= 15 is 0 Å². The average molecular weight is 287 g/mol. The fraction of sp³-hybridized carbons (Fsp3) is 0.0667. The quantitative estimate of drug-likeness (QED) is 0.737. The van der Waals surface area contributed by atoms with Gasteiger partial charge in [0.2, 0.25) is 0 Å². The van der Waals surface area contributed by atoms with Crippen LogP contribution in [0.15, 0.2) is 46.9 Å². The molecule has 0 radical (unpaired) electrons. The van der Waals surface area contributed by atoms with Gasteiger partial charge in [-0.1, -0.05) is 29.8 Å². The van der Waals surface area contributed by atoms with Crippen molar-refractivity contribution in [2.75, 3.05) is 5.32 Å². The molecule has 3 aromatic rings. The summed E-state index contributed by atoms with van der Waals surface area (Å²) >= 11 is 6.07. The number of carbonyl (C=O) groups excluding carboxylic acids is 1. The molecule has 4 nitrogen and oxygen atoms in total. The van der Waals surface area contributed by atoms with E-state index in [2.05, 4.69) is 10.3 Å². The number of oxazole rings is 1. The second-order valence-electron chi connectivity index (χ2n) is 4.30. The zero-order chi connectivity index (χ0) is 13.9. The summed E-state index contributed by atoms with van der Waals surface area (Å²) in [6, 6.07) is 13.2. The third kappa shape index (κ3) is 2.51. The molecule has 0 aliphatic rings. The molecule has 2 aromatic carbocycles. The smallest absolute Gasteiger partial charge is 0.300 e. The zero-order valence-corrected chi connectivity index (χ0v) is 11.2. The molecule has 1 aromatic heterocycles. The molecule has 0 aliphatic carbocycles. The predicted octanol–water partition coefficient (Wildman–Crippen LogP) is 3.97. The Hall–Kier alpha value is -2.33. The first-order valence-corrected chi connectivity index (χ1v) is 6.49. The lowest BCUT2D eigenvalue weighted by atomic mass is 10.1. The molecular weight excluding hydrogens is 276 g/mol. The molecule has 0 unspecified atom stereocenters. The van der Waals surface area contributed by atoms with Gasteiger partial charge in [0.25, 0.3) is 6.01 Å². The number of rotatable bonds is 4. The number of hydrogen-bond acceptors (Lipinski definition) is 4. The van der Waals surface area contributed by atoms with Crippen LogP contribution in [0.4, 0.5) is 11.7 Å². The molecular formula is C15H11ClN2O2. The molecule has 0 saturated carbocycles. The molecule has 3 rings (SSSR count). The molecule has 5 heteroatoms. The van der Waals surface area contributed by atoms with Gasteiger partial charge in [-0.05, 0) is 29.8 Å². The number of nitrogens with zero attached hydrogens (tertiary/aromatic N) is 1. The molecule has 20 heavy (non-hydrogen) atoms. The van der Waals surface area contributed by atoms with Crippen LogP contribution < -0.4 is 5.32 Å². The standard InChI is InChI=1S/C15H11ClN2O2/c16-11-3-1-2-4-12(11)17-15-18-13-6-5-10(7-8-19)9-14(13)20-15/h1-6,8-9H,7H2,(H,17,18). The lowest BCUT2D eigenvalue weighted by Gasteiger charge is -2.02. The molecule has 1 N–H and O–H groups in total. The fourth-order valence-corrected chi connectivity index (χ4v) is 2.11. The SMILES string of the molecule is O=CCc1ccc2nc(Nc3ccccc3Cl)oc2c1. The van der Waals surface area contributed by atoms with Gasteiger partial charge in [-0.2, -0.15) is 4.98 Å². The number of fused-ring (bicyclic) bond motifs is 1. The minimum Gasteiger partial charge on any atom is -0.423 e. The largest absolute Gasteiger partial charge is 0.423 e. The van der Waals surface area contributed by atoms with E-state index in [1.165, 1.54) is 0 Å². The first-order valence-electron chi connectivity index (χ1n) is 6.11. The van der Waals surface area contributed by atoms with Crippen LogP contribution in [0, 0.1) is 0 Å². The lowest BCUT2D eigenvalue weighted by molar-refractivity contribution is -0.107. The Morgan fingerprint density at radius 3 is 2.90 bits per heavy atom. The molecule has 0 spiro atoms. The van der Waals surface area contributed by atoms with Crippen LogP contribution in [-0.4, -0.2) is 11.3 Å². The van der Waals surface area contributed by atoms with Crippen molar-refractivity contribution in [1.29, 1.82) is 0 Å². The number of carbonyl (C=O) groups is 1. The number of anilines is 2. The van der Waals surface area contributed by atoms with Crippen molar-refractivity contribution >= 4 is 40.7 Å². The Balaban J connectivity index is 1.93. The molecule has 0 atom stereocenters. The highest BCUT2D eigenvalue weighted by molar-refractivity contribution is 6.33. The third-order valence-electron chi connectivity index (χ3n) is 2.89. The summed E-state index contributed by atoms with van der Waals surface area (Å²) < 4.78 is 5.62. The van der Waals surface area contributed by atoms with E-state index in [9.17, 15) is 4.79 Å². The molecule has 100 valence electrons. The third-order valence-corrected chi connectivity index (χ3v) is 3.22. The fourth-order valence-electron chi connectivity index (χ4n) is 1.92. The van der Waals surface area contributed by atoms with E-state index in [0.717, 1.165) is 23.1 Å². The van der Waals surface area contributed by atoms with Crippen LogP contribution in [0.2, 0.25) is 5.02 Å². The van der Waals surface area contributed by atoms with E-state index in [4.69, 9.17) is 16.0 Å². The topological polar surface area (TPSA) is 55.1 Å². The molecule has 1 heterocycles. The van der Waals surface area contributed by atoms with Gasteiger partial charge in [-0.25, -0.2) is 0 Å². The van der Waals surface area contributed by atoms with E-state index in [1.807, 2.05) is 36.4 Å². The van der Waals surface area contributed by atoms with Gasteiger partial charge in [0.1, 0.15) is 11.8 Å². The molecule has 0 fully saturated rings. The van der Waals surface area contributed by atoms with Crippen molar-refractivity contribution < 1.29 is 9.21 Å². The van der Waals surface area contributed by atoms with Crippen LogP contribution in [0.25, 0.3) is 11.1 Å². The van der Waals surface area contributed by atoms with Gasteiger partial charge >= 0.3 is 0 Å². The maximum atomic E-state index is 10.5. The van der Waals surface area contributed by atoms with Crippen LogP contribution in [0.5, 0.6) is 0 Å². The van der Waals surface area contributed by atoms with E-state index in [-0.39, 0.29) is 0 Å². The van der Waals surface area contributed by atoms with Gasteiger partial charge in [0.05, 0.1) is 10.7 Å². The molecule has 0 saturated heterocycles. The minimum atomic E-state index is 0.365. The summed E-state index contributed by atoms with van der Waals surface area (Å²) in [5.74, 6) is 0. The van der Waals surface area contributed by atoms with Crippen LogP contribution in [-0.2, 0) is 11.2 Å². The van der Waals surface area contributed by atoms with Crippen molar-refractivity contribution in [1.82, 2.24) is 4.98 Å². The van der Waals surface area contributed by atoms with Crippen molar-refractivity contribution in [3.05, 3.63) is 53.1 Å². The summed E-state index contributed by atoms with van der Waals surface area (Å²) in [6.45, 7) is 0. The second kappa shape index (κ2) is 5.35. The van der Waals surface area contributed by atoms with Gasteiger partial charge in [-0.3, -0.25) is 0 Å². The summed E-state index contributed by atoms with van der Waals surface area (Å²) in [7, 11) is 0. The molecule has 0 bridgehead atoms. The maximum Gasteiger partial charge on any atom is 0.300 e. The van der Waals surface area contributed by atoms with Crippen molar-refractivity contribution in [3.8, 4) is 0 Å². The van der Waals surface area contributed by atoms with E-state index < -0.39 is 0 Å². The number of aldehydes is 1. The average Bonchev–Trinajstić information content (AvgIpc) is 2.83. The summed E-state index contributed by atoms with van der Waals surface area (Å²) in [5.41, 5.74) is 3.00. The lowest BCUT2D eigenvalue weighted by Crippen LogP contribution is -1.90. The number of benzene rings is 2. The highest BCUT2D eigenvalue weighted by atomic mass is 35.5. The van der Waals surface area contributed by atoms with Gasteiger partial charge in [0, 0.05) is 6.42 Å². The highest BCUT2D eigenvalue weighted by Gasteiger charge is 2.08. The normalized spacial score (nSPS) is 10.7. The Kier molecular flexibility index (Phi) is 3.39. The first-order chi connectivity index (χ1) is 9.76. The Bertz CT molecular complexity index is 767. The van der Waals surface area contributed by atoms with Crippen molar-refractivity contribution in [3.63, 3.8) is 0 Å². The summed E-state index contributed by atoms with van der Waals surface area (Å²) in [4.78, 5) is 14.8. The first kappa shape index (κ1) is 12.7. The summed E-state index contributed by atoms with van der Waals surface area (Å²) in [5, 5.41) is 3.63. The van der Waals surface area contributed by atoms with Crippen LogP contribution in [0.1, 0.15) is 5.56 Å². The minimum absolute atomic E-state index is 0.365. The molecule has 0 amide bonds. The second-order valence-corrected chi connectivity index (χ2v) is 4.70. The van der Waals surface area contributed by atoms with Gasteiger partial charge in [0.15, 0.2) is 5.58 Å². The zero-order valence-electron chi connectivity index (χ0n) is 10.5. The van der Waals surface area contributed by atoms with E-state index in [0.29, 0.717) is 23.0 Å². The number of nitrogens with one attached hydrogen (secondary N) is 1. The van der Waals surface area contributed by atoms with Crippen LogP contribution >= 0.6 is 11.6 Å². The van der Waals surface area contributed by atoms with Gasteiger partial charge in [-0.15, -0.1) is 0 Å². The number of aromatic nitrogens is 1. The Morgan fingerprint density at radius 1 is 1.25 bits per heavy atom. The Morgan fingerprint density at radius 2 is 2.10 bits per heavy atom. The van der Waals surface area contributed by atoms with Gasteiger partial charge < -0.3 is 14.5 Å².